The van der Waals surface area contributed by atoms with Crippen LogP contribution in [0.15, 0.2) is 72.7 Å². The van der Waals surface area contributed by atoms with E-state index in [1.165, 1.54) is 11.8 Å². The number of anilines is 1. The molecule has 1 amide bonds. The third-order valence-corrected chi connectivity index (χ3v) is 5.07. The molecule has 3 aromatic rings. The van der Waals surface area contributed by atoms with Crippen molar-refractivity contribution >= 4 is 23.4 Å². The molecule has 0 aliphatic carbocycles. The van der Waals surface area contributed by atoms with Crippen molar-refractivity contribution in [3.05, 3.63) is 78.6 Å². The average Bonchev–Trinajstić information content (AvgIpc) is 3.15. The van der Waals surface area contributed by atoms with Crippen LogP contribution in [0.4, 0.5) is 5.69 Å². The summed E-state index contributed by atoms with van der Waals surface area (Å²) in [5, 5.41) is 8.93. The third-order valence-electron chi connectivity index (χ3n) is 4.15. The fourth-order valence-corrected chi connectivity index (χ4v) is 3.56. The number of hydrogen-bond acceptors (Lipinski definition) is 4. The molecule has 3 rings (SSSR count). The number of carbonyl (C=O) groups excluding carboxylic acids is 1. The van der Waals surface area contributed by atoms with Gasteiger partial charge in [0.05, 0.1) is 11.4 Å². The number of thioether (sulfide) groups is 1. The van der Waals surface area contributed by atoms with Crippen molar-refractivity contribution in [3.8, 4) is 5.69 Å². The van der Waals surface area contributed by atoms with Crippen molar-refractivity contribution in [2.24, 2.45) is 0 Å². The number of para-hydroxylation sites is 1. The summed E-state index contributed by atoms with van der Waals surface area (Å²) in [6.07, 6.45) is 3.42. The van der Waals surface area contributed by atoms with E-state index < -0.39 is 0 Å². The molecule has 0 fully saturated rings. The predicted molar refractivity (Wildman–Crippen MR) is 111 cm³/mol. The monoisotopic (exact) mass is 378 g/mol. The van der Waals surface area contributed by atoms with Gasteiger partial charge >= 0.3 is 0 Å². The second-order valence-electron chi connectivity index (χ2n) is 6.19. The molecule has 0 saturated carbocycles. The lowest BCUT2D eigenvalue weighted by atomic mass is 10.1. The van der Waals surface area contributed by atoms with Crippen LogP contribution in [0, 0.1) is 13.8 Å². The Morgan fingerprint density at radius 2 is 2.00 bits per heavy atom. The van der Waals surface area contributed by atoms with Crippen molar-refractivity contribution in [2.75, 3.05) is 17.2 Å². The molecule has 0 bridgehead atoms. The topological polar surface area (TPSA) is 51.0 Å². The maximum absolute atomic E-state index is 12.8. The number of aromatic nitrogens is 3. The molecule has 1 heterocycles. The summed E-state index contributed by atoms with van der Waals surface area (Å²) < 4.78 is 1.93. The van der Waals surface area contributed by atoms with Crippen molar-refractivity contribution in [2.45, 2.75) is 19.0 Å². The zero-order valence-electron chi connectivity index (χ0n) is 15.5. The van der Waals surface area contributed by atoms with Crippen molar-refractivity contribution < 1.29 is 4.79 Å². The van der Waals surface area contributed by atoms with Crippen molar-refractivity contribution in [1.29, 1.82) is 0 Å². The van der Waals surface area contributed by atoms with Crippen molar-refractivity contribution in [3.63, 3.8) is 0 Å². The van der Waals surface area contributed by atoms with Crippen LogP contribution in [0.3, 0.4) is 0 Å². The summed E-state index contributed by atoms with van der Waals surface area (Å²) in [5.41, 5.74) is 4.18. The van der Waals surface area contributed by atoms with Gasteiger partial charge < -0.3 is 4.90 Å². The average molecular weight is 379 g/mol. The van der Waals surface area contributed by atoms with Gasteiger partial charge in [0.1, 0.15) is 6.33 Å². The summed E-state index contributed by atoms with van der Waals surface area (Å²) in [4.78, 5) is 14.5. The summed E-state index contributed by atoms with van der Waals surface area (Å²) >= 11 is 1.38. The van der Waals surface area contributed by atoms with E-state index in [9.17, 15) is 4.79 Å². The number of carbonyl (C=O) groups is 1. The summed E-state index contributed by atoms with van der Waals surface area (Å²) in [6, 6.07) is 15.9. The first-order chi connectivity index (χ1) is 13.1. The highest BCUT2D eigenvalue weighted by Crippen LogP contribution is 2.24. The van der Waals surface area contributed by atoms with E-state index in [1.807, 2.05) is 34.9 Å². The summed E-state index contributed by atoms with van der Waals surface area (Å²) in [7, 11) is 0. The van der Waals surface area contributed by atoms with Gasteiger partial charge in [0.25, 0.3) is 0 Å². The largest absolute Gasteiger partial charge is 0.308 e. The number of hydrogen-bond donors (Lipinski definition) is 0. The van der Waals surface area contributed by atoms with Crippen LogP contribution >= 0.6 is 11.8 Å². The molecule has 0 unspecified atom stereocenters. The molecular weight excluding hydrogens is 356 g/mol. The molecule has 6 heteroatoms. The maximum Gasteiger partial charge on any atom is 0.237 e. The van der Waals surface area contributed by atoms with E-state index in [0.717, 1.165) is 22.5 Å². The number of rotatable bonds is 7. The first-order valence-corrected chi connectivity index (χ1v) is 9.65. The fourth-order valence-electron chi connectivity index (χ4n) is 2.76. The van der Waals surface area contributed by atoms with Crippen LogP contribution in [0.5, 0.6) is 0 Å². The van der Waals surface area contributed by atoms with E-state index >= 15 is 0 Å². The van der Waals surface area contributed by atoms with Gasteiger partial charge in [-0.2, -0.15) is 0 Å². The SMILES string of the molecule is C=CCN(C(=O)CSc1nncn1-c1cc(C)ccc1C)c1ccccc1. The predicted octanol–water partition coefficient (Wildman–Crippen LogP) is 4.20. The molecule has 0 N–H and O–H groups in total. The van der Waals surface area contributed by atoms with Gasteiger partial charge in [-0.15, -0.1) is 16.8 Å². The molecule has 0 spiro atoms. The number of nitrogens with zero attached hydrogens (tertiary/aromatic N) is 4. The van der Waals surface area contributed by atoms with Gasteiger partial charge in [0.2, 0.25) is 5.91 Å². The van der Waals surface area contributed by atoms with E-state index in [-0.39, 0.29) is 11.7 Å². The van der Waals surface area contributed by atoms with E-state index in [0.29, 0.717) is 11.7 Å². The molecule has 138 valence electrons. The van der Waals surface area contributed by atoms with Gasteiger partial charge in [-0.25, -0.2) is 0 Å². The minimum absolute atomic E-state index is 0.00149. The normalized spacial score (nSPS) is 10.6. The Balaban J connectivity index is 1.77. The number of benzene rings is 2. The minimum atomic E-state index is 0.00149. The van der Waals surface area contributed by atoms with Crippen LogP contribution in [-0.4, -0.2) is 33.0 Å². The number of amides is 1. The van der Waals surface area contributed by atoms with E-state index in [1.54, 1.807) is 17.3 Å². The van der Waals surface area contributed by atoms with Crippen LogP contribution in [0.1, 0.15) is 11.1 Å². The highest BCUT2D eigenvalue weighted by Gasteiger charge is 2.17. The zero-order valence-corrected chi connectivity index (χ0v) is 16.3. The summed E-state index contributed by atoms with van der Waals surface area (Å²) in [5.74, 6) is 0.272. The Morgan fingerprint density at radius 3 is 2.74 bits per heavy atom. The molecule has 5 nitrogen and oxygen atoms in total. The lowest BCUT2D eigenvalue weighted by molar-refractivity contribution is -0.116. The smallest absolute Gasteiger partial charge is 0.237 e. The molecule has 1 aromatic heterocycles. The molecule has 0 atom stereocenters. The Hall–Kier alpha value is -2.86. The van der Waals surface area contributed by atoms with Crippen LogP contribution in [-0.2, 0) is 4.79 Å². The van der Waals surface area contributed by atoms with Gasteiger partial charge in [-0.1, -0.05) is 48.2 Å². The van der Waals surface area contributed by atoms with Gasteiger partial charge in [0.15, 0.2) is 5.16 Å². The molecule has 27 heavy (non-hydrogen) atoms. The van der Waals surface area contributed by atoms with Gasteiger partial charge in [-0.3, -0.25) is 9.36 Å². The highest BCUT2D eigenvalue weighted by atomic mass is 32.2. The van der Waals surface area contributed by atoms with Crippen LogP contribution in [0.2, 0.25) is 0 Å². The third kappa shape index (κ3) is 4.46. The number of aryl methyl sites for hydroxylation is 2. The van der Waals surface area contributed by atoms with Gasteiger partial charge in [0, 0.05) is 12.2 Å². The fraction of sp³-hybridized carbons (Fsp3) is 0.190. The highest BCUT2D eigenvalue weighted by molar-refractivity contribution is 7.99. The van der Waals surface area contributed by atoms with Gasteiger partial charge in [-0.05, 0) is 43.2 Å². The molecule has 0 radical (unpaired) electrons. The van der Waals surface area contributed by atoms with Crippen LogP contribution in [0.25, 0.3) is 5.69 Å². The first-order valence-electron chi connectivity index (χ1n) is 8.67. The Labute approximate surface area is 163 Å². The lowest BCUT2D eigenvalue weighted by Gasteiger charge is -2.21. The van der Waals surface area contributed by atoms with E-state index in [2.05, 4.69) is 48.8 Å². The maximum atomic E-state index is 12.8. The first kappa shape index (κ1) is 18.9. The summed E-state index contributed by atoms with van der Waals surface area (Å²) in [6.45, 7) is 8.33. The van der Waals surface area contributed by atoms with Crippen LogP contribution < -0.4 is 4.90 Å². The Morgan fingerprint density at radius 1 is 1.22 bits per heavy atom. The van der Waals surface area contributed by atoms with E-state index in [4.69, 9.17) is 0 Å². The molecule has 0 saturated heterocycles. The minimum Gasteiger partial charge on any atom is -0.308 e. The second-order valence-corrected chi connectivity index (χ2v) is 7.13. The molecule has 2 aromatic carbocycles. The molecular formula is C21H22N4OS. The standard InChI is InChI=1S/C21H22N4OS/c1-4-12-24(18-8-6-5-7-9-18)20(26)14-27-21-23-22-15-25(21)19-13-16(2)10-11-17(19)3/h4-11,13,15H,1,12,14H2,2-3H3. The lowest BCUT2D eigenvalue weighted by Crippen LogP contribution is -2.32. The quantitative estimate of drug-likeness (QED) is 0.457. The Bertz CT molecular complexity index is 936. The zero-order chi connectivity index (χ0) is 19.2. The molecule has 0 aliphatic rings. The Kier molecular flexibility index (Phi) is 6.08. The second kappa shape index (κ2) is 8.68. The van der Waals surface area contributed by atoms with Crippen molar-refractivity contribution in [1.82, 2.24) is 14.8 Å². The molecule has 0 aliphatic heterocycles.